The fraction of sp³-hybridized carbons (Fsp3) is 0.538. The first kappa shape index (κ1) is 13.5. The van der Waals surface area contributed by atoms with Crippen LogP contribution < -0.4 is 5.32 Å². The van der Waals surface area contributed by atoms with E-state index in [1.807, 2.05) is 0 Å². The van der Waals surface area contributed by atoms with Crippen molar-refractivity contribution in [3.63, 3.8) is 0 Å². The smallest absolute Gasteiger partial charge is 0.0514 e. The van der Waals surface area contributed by atoms with E-state index in [1.54, 1.807) is 0 Å². The molecule has 0 saturated carbocycles. The van der Waals surface area contributed by atoms with Crippen molar-refractivity contribution in [2.45, 2.75) is 33.1 Å². The Morgan fingerprint density at radius 3 is 2.56 bits per heavy atom. The van der Waals surface area contributed by atoms with Crippen molar-refractivity contribution in [3.05, 3.63) is 27.7 Å². The minimum Gasteiger partial charge on any atom is -0.396 e. The van der Waals surface area contributed by atoms with Crippen molar-refractivity contribution in [2.75, 3.05) is 18.5 Å². The topological polar surface area (TPSA) is 32.3 Å². The zero-order valence-corrected chi connectivity index (χ0v) is 11.6. The second-order valence-electron chi connectivity index (χ2n) is 4.15. The molecule has 0 aliphatic rings. The van der Waals surface area contributed by atoms with E-state index in [0.717, 1.165) is 30.3 Å². The standard InChI is InChI=1S/C13H20BrNO/c1-10-8-11(2)13(12(14)9-10)15-6-4-3-5-7-16/h8-9,15-16H,3-7H2,1-2H3. The lowest BCUT2D eigenvalue weighted by molar-refractivity contribution is 0.283. The predicted octanol–water partition coefficient (Wildman–Crippen LogP) is 3.64. The molecule has 0 spiro atoms. The number of hydrogen-bond acceptors (Lipinski definition) is 2. The van der Waals surface area contributed by atoms with Gasteiger partial charge in [0.25, 0.3) is 0 Å². The van der Waals surface area contributed by atoms with Crippen molar-refractivity contribution in [3.8, 4) is 0 Å². The van der Waals surface area contributed by atoms with Crippen molar-refractivity contribution >= 4 is 21.6 Å². The molecule has 0 aliphatic carbocycles. The zero-order chi connectivity index (χ0) is 12.0. The maximum absolute atomic E-state index is 8.67. The number of aryl methyl sites for hydroxylation is 2. The Bertz CT molecular complexity index is 316. The first-order valence-electron chi connectivity index (χ1n) is 5.76. The summed E-state index contributed by atoms with van der Waals surface area (Å²) in [4.78, 5) is 0. The first-order chi connectivity index (χ1) is 7.65. The van der Waals surface area contributed by atoms with Crippen molar-refractivity contribution in [1.82, 2.24) is 0 Å². The Morgan fingerprint density at radius 2 is 1.94 bits per heavy atom. The number of anilines is 1. The minimum atomic E-state index is 0.299. The van der Waals surface area contributed by atoms with Crippen LogP contribution in [0.4, 0.5) is 5.69 Å². The third-order valence-electron chi connectivity index (χ3n) is 2.57. The summed E-state index contributed by atoms with van der Waals surface area (Å²) < 4.78 is 1.13. The summed E-state index contributed by atoms with van der Waals surface area (Å²) in [6, 6.07) is 4.31. The Kier molecular flexibility index (Phi) is 5.85. The van der Waals surface area contributed by atoms with Gasteiger partial charge in [-0.3, -0.25) is 0 Å². The number of rotatable bonds is 6. The quantitative estimate of drug-likeness (QED) is 0.782. The maximum atomic E-state index is 8.67. The highest BCUT2D eigenvalue weighted by Gasteiger charge is 2.03. The van der Waals surface area contributed by atoms with Gasteiger partial charge < -0.3 is 10.4 Å². The van der Waals surface area contributed by atoms with E-state index in [0.29, 0.717) is 6.61 Å². The number of hydrogen-bond donors (Lipinski definition) is 2. The fourth-order valence-corrected chi connectivity index (χ4v) is 2.58. The monoisotopic (exact) mass is 285 g/mol. The van der Waals surface area contributed by atoms with E-state index in [2.05, 4.69) is 47.2 Å². The number of aliphatic hydroxyl groups is 1. The van der Waals surface area contributed by atoms with E-state index in [1.165, 1.54) is 16.8 Å². The summed E-state index contributed by atoms with van der Waals surface area (Å²) in [5.74, 6) is 0. The number of unbranched alkanes of at least 4 members (excludes halogenated alkanes) is 2. The van der Waals surface area contributed by atoms with E-state index >= 15 is 0 Å². The Labute approximate surface area is 106 Å². The molecule has 1 rings (SSSR count). The average Bonchev–Trinajstić information content (AvgIpc) is 2.20. The molecule has 0 fully saturated rings. The lowest BCUT2D eigenvalue weighted by atomic mass is 10.1. The largest absolute Gasteiger partial charge is 0.396 e. The molecule has 3 heteroatoms. The van der Waals surface area contributed by atoms with Crippen LogP contribution in [0, 0.1) is 13.8 Å². The normalized spacial score (nSPS) is 10.5. The van der Waals surface area contributed by atoms with Gasteiger partial charge in [0.05, 0.1) is 5.69 Å². The lowest BCUT2D eigenvalue weighted by Gasteiger charge is -2.12. The van der Waals surface area contributed by atoms with Crippen LogP contribution in [-0.4, -0.2) is 18.3 Å². The molecule has 2 nitrogen and oxygen atoms in total. The predicted molar refractivity (Wildman–Crippen MR) is 73.0 cm³/mol. The van der Waals surface area contributed by atoms with Crippen LogP contribution in [0.2, 0.25) is 0 Å². The lowest BCUT2D eigenvalue weighted by Crippen LogP contribution is -2.04. The molecule has 0 heterocycles. The van der Waals surface area contributed by atoms with Gasteiger partial charge in [0.1, 0.15) is 0 Å². The van der Waals surface area contributed by atoms with Gasteiger partial charge >= 0.3 is 0 Å². The van der Waals surface area contributed by atoms with Crippen LogP contribution >= 0.6 is 15.9 Å². The zero-order valence-electron chi connectivity index (χ0n) is 10.0. The van der Waals surface area contributed by atoms with Gasteiger partial charge in [0.15, 0.2) is 0 Å². The number of nitrogens with one attached hydrogen (secondary N) is 1. The first-order valence-corrected chi connectivity index (χ1v) is 6.56. The molecule has 0 amide bonds. The molecule has 0 saturated heterocycles. The Hall–Kier alpha value is -0.540. The van der Waals surface area contributed by atoms with Gasteiger partial charge in [-0.15, -0.1) is 0 Å². The molecule has 90 valence electrons. The molecule has 2 N–H and O–H groups in total. The highest BCUT2D eigenvalue weighted by molar-refractivity contribution is 9.10. The number of halogens is 1. The minimum absolute atomic E-state index is 0.299. The number of aliphatic hydroxyl groups excluding tert-OH is 1. The van der Waals surface area contributed by atoms with Gasteiger partial charge in [-0.25, -0.2) is 0 Å². The summed E-state index contributed by atoms with van der Waals surface area (Å²) in [6.07, 6.45) is 3.07. The van der Waals surface area contributed by atoms with E-state index in [4.69, 9.17) is 5.11 Å². The third kappa shape index (κ3) is 4.14. The van der Waals surface area contributed by atoms with Crippen LogP contribution in [0.25, 0.3) is 0 Å². The second kappa shape index (κ2) is 6.92. The maximum Gasteiger partial charge on any atom is 0.0514 e. The molecular formula is C13H20BrNO. The van der Waals surface area contributed by atoms with Crippen LogP contribution in [0.1, 0.15) is 30.4 Å². The molecule has 0 radical (unpaired) electrons. The molecule has 0 aromatic heterocycles. The number of benzene rings is 1. The van der Waals surface area contributed by atoms with E-state index < -0.39 is 0 Å². The van der Waals surface area contributed by atoms with Gasteiger partial charge in [-0.2, -0.15) is 0 Å². The van der Waals surface area contributed by atoms with Gasteiger partial charge in [-0.05, 0) is 66.2 Å². The highest BCUT2D eigenvalue weighted by atomic mass is 79.9. The molecule has 0 atom stereocenters. The average molecular weight is 286 g/mol. The van der Waals surface area contributed by atoms with Crippen LogP contribution in [0.3, 0.4) is 0 Å². The van der Waals surface area contributed by atoms with E-state index in [9.17, 15) is 0 Å². The van der Waals surface area contributed by atoms with E-state index in [-0.39, 0.29) is 0 Å². The van der Waals surface area contributed by atoms with Gasteiger partial charge in [0, 0.05) is 17.6 Å². The SMILES string of the molecule is Cc1cc(C)c(NCCCCCO)c(Br)c1. The molecule has 16 heavy (non-hydrogen) atoms. The van der Waals surface area contributed by atoms with Crippen molar-refractivity contribution in [2.24, 2.45) is 0 Å². The summed E-state index contributed by atoms with van der Waals surface area (Å²) in [5.41, 5.74) is 3.74. The molecule has 0 bridgehead atoms. The van der Waals surface area contributed by atoms with Crippen LogP contribution in [-0.2, 0) is 0 Å². The van der Waals surface area contributed by atoms with Crippen LogP contribution in [0.15, 0.2) is 16.6 Å². The van der Waals surface area contributed by atoms with Crippen LogP contribution in [0.5, 0.6) is 0 Å². The summed E-state index contributed by atoms with van der Waals surface area (Å²) >= 11 is 3.58. The van der Waals surface area contributed by atoms with Crippen molar-refractivity contribution < 1.29 is 5.11 Å². The Morgan fingerprint density at radius 1 is 1.19 bits per heavy atom. The molecule has 1 aromatic rings. The molecule has 0 aliphatic heterocycles. The summed E-state index contributed by atoms with van der Waals surface area (Å²) in [5, 5.41) is 12.1. The van der Waals surface area contributed by atoms with Gasteiger partial charge in [-0.1, -0.05) is 6.07 Å². The molecule has 1 aromatic carbocycles. The van der Waals surface area contributed by atoms with Crippen molar-refractivity contribution in [1.29, 1.82) is 0 Å². The summed E-state index contributed by atoms with van der Waals surface area (Å²) in [7, 11) is 0. The Balaban J connectivity index is 2.47. The second-order valence-corrected chi connectivity index (χ2v) is 5.00. The fourth-order valence-electron chi connectivity index (χ4n) is 1.77. The third-order valence-corrected chi connectivity index (χ3v) is 3.19. The molecule has 0 unspecified atom stereocenters. The summed E-state index contributed by atoms with van der Waals surface area (Å²) in [6.45, 7) is 5.48. The molecular weight excluding hydrogens is 266 g/mol. The van der Waals surface area contributed by atoms with Gasteiger partial charge in [0.2, 0.25) is 0 Å². The highest BCUT2D eigenvalue weighted by Crippen LogP contribution is 2.27.